The van der Waals surface area contributed by atoms with Gasteiger partial charge in [0.2, 0.25) is 5.91 Å². The molecule has 0 fully saturated rings. The minimum atomic E-state index is -0.578. The van der Waals surface area contributed by atoms with Crippen molar-refractivity contribution in [3.8, 4) is 5.69 Å². The van der Waals surface area contributed by atoms with E-state index in [-0.39, 0.29) is 11.8 Å². The standard InChI is InChI=1S/C15H17ClN2O/c1-15(2,11-16)14(19)17-12-6-5-7-13(10-12)18-8-3-4-9-18/h3-10H,11H2,1-2H3,(H,17,19). The zero-order valence-corrected chi connectivity index (χ0v) is 11.8. The molecule has 0 radical (unpaired) electrons. The van der Waals surface area contributed by atoms with Gasteiger partial charge in [0.1, 0.15) is 0 Å². The van der Waals surface area contributed by atoms with Gasteiger partial charge >= 0.3 is 0 Å². The number of hydrogen-bond donors (Lipinski definition) is 1. The molecule has 0 aliphatic heterocycles. The lowest BCUT2D eigenvalue weighted by Crippen LogP contribution is -2.32. The Hall–Kier alpha value is -1.74. The maximum Gasteiger partial charge on any atom is 0.231 e. The lowest BCUT2D eigenvalue weighted by Gasteiger charge is -2.20. The Bertz CT molecular complexity index is 561. The number of aromatic nitrogens is 1. The van der Waals surface area contributed by atoms with E-state index in [0.717, 1.165) is 11.4 Å². The van der Waals surface area contributed by atoms with Crippen LogP contribution in [0.15, 0.2) is 48.8 Å². The number of hydrogen-bond acceptors (Lipinski definition) is 1. The molecule has 0 saturated carbocycles. The maximum absolute atomic E-state index is 12.1. The van der Waals surface area contributed by atoms with Crippen molar-refractivity contribution >= 4 is 23.2 Å². The minimum Gasteiger partial charge on any atom is -0.326 e. The second-order valence-electron chi connectivity index (χ2n) is 5.11. The van der Waals surface area contributed by atoms with Gasteiger partial charge in [0.25, 0.3) is 0 Å². The van der Waals surface area contributed by atoms with Gasteiger partial charge in [0.05, 0.1) is 5.41 Å². The zero-order chi connectivity index (χ0) is 13.9. The number of benzene rings is 1. The van der Waals surface area contributed by atoms with Crippen molar-refractivity contribution < 1.29 is 4.79 Å². The first-order valence-electron chi connectivity index (χ1n) is 6.14. The van der Waals surface area contributed by atoms with E-state index in [1.165, 1.54) is 0 Å². The highest BCUT2D eigenvalue weighted by molar-refractivity contribution is 6.20. The molecule has 1 amide bonds. The first-order valence-corrected chi connectivity index (χ1v) is 6.67. The van der Waals surface area contributed by atoms with E-state index >= 15 is 0 Å². The number of rotatable bonds is 4. The van der Waals surface area contributed by atoms with E-state index in [1.807, 2.05) is 67.2 Å². The summed E-state index contributed by atoms with van der Waals surface area (Å²) in [4.78, 5) is 12.1. The normalized spacial score (nSPS) is 11.3. The maximum atomic E-state index is 12.1. The first kappa shape index (κ1) is 13.7. The number of carbonyl (C=O) groups is 1. The quantitative estimate of drug-likeness (QED) is 0.849. The molecule has 1 N–H and O–H groups in total. The summed E-state index contributed by atoms with van der Waals surface area (Å²) < 4.78 is 1.99. The third-order valence-electron chi connectivity index (χ3n) is 2.96. The molecule has 0 unspecified atom stereocenters. The molecule has 1 heterocycles. The first-order chi connectivity index (χ1) is 9.03. The van der Waals surface area contributed by atoms with Crippen LogP contribution in [0, 0.1) is 5.41 Å². The van der Waals surface area contributed by atoms with E-state index in [0.29, 0.717) is 0 Å². The topological polar surface area (TPSA) is 34.0 Å². The summed E-state index contributed by atoms with van der Waals surface area (Å²) in [7, 11) is 0. The second kappa shape index (κ2) is 5.49. The predicted molar refractivity (Wildman–Crippen MR) is 78.9 cm³/mol. The van der Waals surface area contributed by atoms with E-state index in [2.05, 4.69) is 5.32 Å². The predicted octanol–water partition coefficient (Wildman–Crippen LogP) is 3.68. The smallest absolute Gasteiger partial charge is 0.231 e. The molecule has 2 rings (SSSR count). The fourth-order valence-corrected chi connectivity index (χ4v) is 1.73. The van der Waals surface area contributed by atoms with Crippen molar-refractivity contribution in [2.75, 3.05) is 11.2 Å². The number of halogens is 1. The molecule has 0 aliphatic rings. The summed E-state index contributed by atoms with van der Waals surface area (Å²) in [5.74, 6) is 0.211. The van der Waals surface area contributed by atoms with E-state index in [9.17, 15) is 4.79 Å². The molecule has 0 atom stereocenters. The number of carbonyl (C=O) groups excluding carboxylic acids is 1. The number of anilines is 1. The Balaban J connectivity index is 2.19. The molecular formula is C15H17ClN2O. The van der Waals surface area contributed by atoms with Gasteiger partial charge in [-0.05, 0) is 44.2 Å². The number of alkyl halides is 1. The molecule has 2 aromatic rings. The molecule has 0 aliphatic carbocycles. The van der Waals surface area contributed by atoms with E-state index in [4.69, 9.17) is 11.6 Å². The van der Waals surface area contributed by atoms with Gasteiger partial charge in [-0.15, -0.1) is 11.6 Å². The van der Waals surface area contributed by atoms with Gasteiger partial charge in [-0.25, -0.2) is 0 Å². The summed E-state index contributed by atoms with van der Waals surface area (Å²) in [6.07, 6.45) is 3.92. The SMILES string of the molecule is CC(C)(CCl)C(=O)Nc1cccc(-n2cccc2)c1. The fourth-order valence-electron chi connectivity index (χ4n) is 1.61. The van der Waals surface area contributed by atoms with Gasteiger partial charge in [-0.1, -0.05) is 6.07 Å². The summed E-state index contributed by atoms with van der Waals surface area (Å²) in [5.41, 5.74) is 1.20. The second-order valence-corrected chi connectivity index (χ2v) is 5.38. The average molecular weight is 277 g/mol. The molecular weight excluding hydrogens is 260 g/mol. The van der Waals surface area contributed by atoms with Crippen LogP contribution in [0.2, 0.25) is 0 Å². The zero-order valence-electron chi connectivity index (χ0n) is 11.1. The van der Waals surface area contributed by atoms with Gasteiger partial charge in [-0.2, -0.15) is 0 Å². The molecule has 4 heteroatoms. The van der Waals surface area contributed by atoms with Crippen molar-refractivity contribution in [1.82, 2.24) is 4.57 Å². The number of amides is 1. The summed E-state index contributed by atoms with van der Waals surface area (Å²) in [6, 6.07) is 11.6. The van der Waals surface area contributed by atoms with Crippen molar-refractivity contribution in [3.05, 3.63) is 48.8 Å². The monoisotopic (exact) mass is 276 g/mol. The highest BCUT2D eigenvalue weighted by Crippen LogP contribution is 2.21. The Morgan fingerprint density at radius 3 is 2.58 bits per heavy atom. The van der Waals surface area contributed by atoms with Crippen LogP contribution in [0.3, 0.4) is 0 Å². The Morgan fingerprint density at radius 2 is 1.95 bits per heavy atom. The summed E-state index contributed by atoms with van der Waals surface area (Å²) in [5, 5.41) is 2.90. The number of nitrogens with one attached hydrogen (secondary N) is 1. The molecule has 19 heavy (non-hydrogen) atoms. The molecule has 1 aromatic heterocycles. The lowest BCUT2D eigenvalue weighted by molar-refractivity contribution is -0.122. The van der Waals surface area contributed by atoms with Crippen LogP contribution in [-0.4, -0.2) is 16.4 Å². The molecule has 3 nitrogen and oxygen atoms in total. The van der Waals surface area contributed by atoms with Crippen LogP contribution < -0.4 is 5.32 Å². The Kier molecular flexibility index (Phi) is 3.96. The van der Waals surface area contributed by atoms with Gasteiger partial charge in [0, 0.05) is 29.6 Å². The Morgan fingerprint density at radius 1 is 1.26 bits per heavy atom. The van der Waals surface area contributed by atoms with E-state index in [1.54, 1.807) is 0 Å². The third-order valence-corrected chi connectivity index (χ3v) is 3.62. The van der Waals surface area contributed by atoms with Crippen molar-refractivity contribution in [3.63, 3.8) is 0 Å². The molecule has 0 bridgehead atoms. The van der Waals surface area contributed by atoms with Crippen LogP contribution in [0.5, 0.6) is 0 Å². The molecule has 0 saturated heterocycles. The average Bonchev–Trinajstić information content (AvgIpc) is 2.93. The summed E-state index contributed by atoms with van der Waals surface area (Å²) in [6.45, 7) is 3.65. The Labute approximate surface area is 118 Å². The van der Waals surface area contributed by atoms with Crippen molar-refractivity contribution in [1.29, 1.82) is 0 Å². The molecule has 100 valence electrons. The van der Waals surface area contributed by atoms with Crippen LogP contribution >= 0.6 is 11.6 Å². The minimum absolute atomic E-state index is 0.0767. The summed E-state index contributed by atoms with van der Waals surface area (Å²) >= 11 is 5.80. The van der Waals surface area contributed by atoms with E-state index < -0.39 is 5.41 Å². The largest absolute Gasteiger partial charge is 0.326 e. The lowest BCUT2D eigenvalue weighted by atomic mass is 9.95. The van der Waals surface area contributed by atoms with Crippen molar-refractivity contribution in [2.24, 2.45) is 5.41 Å². The van der Waals surface area contributed by atoms with Crippen LogP contribution in [0.4, 0.5) is 5.69 Å². The van der Waals surface area contributed by atoms with Gasteiger partial charge < -0.3 is 9.88 Å². The number of nitrogens with zero attached hydrogens (tertiary/aromatic N) is 1. The highest BCUT2D eigenvalue weighted by atomic mass is 35.5. The van der Waals surface area contributed by atoms with Gasteiger partial charge in [0.15, 0.2) is 0 Å². The van der Waals surface area contributed by atoms with Crippen LogP contribution in [0.25, 0.3) is 5.69 Å². The van der Waals surface area contributed by atoms with Gasteiger partial charge in [-0.3, -0.25) is 4.79 Å². The fraction of sp³-hybridized carbons (Fsp3) is 0.267. The van der Waals surface area contributed by atoms with Crippen LogP contribution in [-0.2, 0) is 4.79 Å². The van der Waals surface area contributed by atoms with Crippen LogP contribution in [0.1, 0.15) is 13.8 Å². The molecule has 1 aromatic carbocycles. The highest BCUT2D eigenvalue weighted by Gasteiger charge is 2.26. The third kappa shape index (κ3) is 3.18. The van der Waals surface area contributed by atoms with Crippen molar-refractivity contribution in [2.45, 2.75) is 13.8 Å². The molecule has 0 spiro atoms.